The number of alkyl halides is 6. The number of aliphatic hydroxyl groups is 8. The average molecular weight is 1050 g/mol. The van der Waals surface area contributed by atoms with Crippen molar-refractivity contribution in [3.05, 3.63) is 128 Å². The summed E-state index contributed by atoms with van der Waals surface area (Å²) in [4.78, 5) is 19.6. The van der Waals surface area contributed by atoms with E-state index in [1.807, 2.05) is 0 Å². The van der Waals surface area contributed by atoms with Crippen LogP contribution in [0.15, 0.2) is 84.9 Å². The van der Waals surface area contributed by atoms with Gasteiger partial charge in [-0.2, -0.15) is 26.3 Å². The molecule has 0 saturated carbocycles. The van der Waals surface area contributed by atoms with Crippen LogP contribution in [0.2, 0.25) is 10.0 Å². The Hall–Kier alpha value is -4.06. The summed E-state index contributed by atoms with van der Waals surface area (Å²) in [5, 5.41) is 80.1. The Bertz CT molecular complexity index is 2120. The molecule has 4 aromatic rings. The van der Waals surface area contributed by atoms with E-state index in [0.29, 0.717) is 45.1 Å². The van der Waals surface area contributed by atoms with Crippen LogP contribution < -0.4 is 28.3 Å². The van der Waals surface area contributed by atoms with Crippen molar-refractivity contribution < 1.29 is 125 Å². The predicted octanol–water partition coefficient (Wildman–Crippen LogP) is 1.70. The van der Waals surface area contributed by atoms with Gasteiger partial charge in [-0.15, -0.1) is 0 Å². The Labute approximate surface area is 424 Å². The van der Waals surface area contributed by atoms with Crippen LogP contribution in [-0.4, -0.2) is 146 Å². The van der Waals surface area contributed by atoms with E-state index in [0.717, 1.165) is 11.1 Å². The molecule has 2 heterocycles. The van der Waals surface area contributed by atoms with Crippen molar-refractivity contribution in [2.45, 2.75) is 100 Å². The molecule has 2 aliphatic heterocycles. The van der Waals surface area contributed by atoms with Crippen molar-refractivity contribution in [3.8, 4) is 11.5 Å². The molecule has 9 N–H and O–H groups in total. The zero-order chi connectivity index (χ0) is 51.4. The molecule has 0 radical (unpaired) electrons. The molecule has 388 valence electrons. The van der Waals surface area contributed by atoms with E-state index in [2.05, 4.69) is 14.2 Å². The van der Waals surface area contributed by atoms with Gasteiger partial charge in [0.25, 0.3) is 0 Å². The molecule has 0 spiro atoms. The first-order chi connectivity index (χ1) is 32.3. The van der Waals surface area contributed by atoms with Crippen LogP contribution in [-0.2, 0) is 36.6 Å². The van der Waals surface area contributed by atoms with E-state index in [4.69, 9.17) is 32.7 Å². The standard InChI is InChI=1S/2C21H22ClF3O6.C4H6O3.Li.H2O/c2*22-15-6-3-12(20-19(29)18(28)17(27)16(9-26)31-20)8-13(15)7-11-1-4-14(5-2-11)30-10-21(23,24)25;1-3(5)7-4(2)6;;/h2*1-6,8,16-20,26-29H,7,9-10H2;1-2H3;;1H2/q;;;+1;/p-1/t16-,17-,18+,19-,20?;16-,17-,18+,19-,20+;;;/m11.../s1. The second-order valence-electron chi connectivity index (χ2n) is 15.7. The number of aliphatic hydroxyl groups excluding tert-OH is 8. The number of hydrogen-bond donors (Lipinski definition) is 8. The molecule has 1 unspecified atom stereocenters. The van der Waals surface area contributed by atoms with Gasteiger partial charge in [0.15, 0.2) is 13.2 Å². The van der Waals surface area contributed by atoms with Crippen LogP contribution in [0.25, 0.3) is 0 Å². The molecular formula is C46H51Cl2F6LiO16. The van der Waals surface area contributed by atoms with Crippen molar-refractivity contribution in [2.75, 3.05) is 26.4 Å². The van der Waals surface area contributed by atoms with Gasteiger partial charge in [0, 0.05) is 23.9 Å². The van der Waals surface area contributed by atoms with Crippen LogP contribution in [0.3, 0.4) is 0 Å². The van der Waals surface area contributed by atoms with Gasteiger partial charge in [-0.1, -0.05) is 71.7 Å². The van der Waals surface area contributed by atoms with Crippen LogP contribution >= 0.6 is 23.2 Å². The van der Waals surface area contributed by atoms with Crippen LogP contribution in [0.4, 0.5) is 26.3 Å². The first-order valence-corrected chi connectivity index (χ1v) is 21.5. The fourth-order valence-electron chi connectivity index (χ4n) is 6.95. The van der Waals surface area contributed by atoms with Gasteiger partial charge < -0.3 is 70.0 Å². The minimum atomic E-state index is -4.42. The summed E-state index contributed by atoms with van der Waals surface area (Å²) in [5.74, 6) is -0.954. The van der Waals surface area contributed by atoms with Gasteiger partial charge in [0.05, 0.1) is 13.2 Å². The number of esters is 2. The number of hydrogen-bond acceptors (Lipinski definition) is 16. The van der Waals surface area contributed by atoms with Crippen molar-refractivity contribution in [2.24, 2.45) is 0 Å². The smallest absolute Gasteiger partial charge is 0.870 e. The van der Waals surface area contributed by atoms with Crippen molar-refractivity contribution in [1.29, 1.82) is 0 Å². The maximum absolute atomic E-state index is 12.3. The normalized spacial score (nSPS) is 24.0. The summed E-state index contributed by atoms with van der Waals surface area (Å²) < 4.78 is 98.0. The Kier molecular flexibility index (Phi) is 25.2. The van der Waals surface area contributed by atoms with Crippen LogP contribution in [0.1, 0.15) is 59.4 Å². The number of halogens is 8. The predicted molar refractivity (Wildman–Crippen MR) is 234 cm³/mol. The molecule has 71 heavy (non-hydrogen) atoms. The minimum Gasteiger partial charge on any atom is -0.870 e. The zero-order valence-corrected chi connectivity index (χ0v) is 39.5. The summed E-state index contributed by atoms with van der Waals surface area (Å²) in [5.41, 5.74) is 3.79. The van der Waals surface area contributed by atoms with Gasteiger partial charge in [0.2, 0.25) is 0 Å². The molecule has 6 rings (SSSR count). The van der Waals surface area contributed by atoms with Crippen LogP contribution in [0.5, 0.6) is 11.5 Å². The molecule has 25 heteroatoms. The molecule has 0 bridgehead atoms. The third kappa shape index (κ3) is 19.4. The summed E-state index contributed by atoms with van der Waals surface area (Å²) in [7, 11) is 0. The van der Waals surface area contributed by atoms with E-state index < -0.39 is 112 Å². The monoisotopic (exact) mass is 1050 g/mol. The Morgan fingerprint density at radius 2 is 0.873 bits per heavy atom. The largest absolute Gasteiger partial charge is 1.00 e. The number of carbonyl (C=O) groups is 2. The van der Waals surface area contributed by atoms with E-state index in [1.54, 1.807) is 60.7 Å². The summed E-state index contributed by atoms with van der Waals surface area (Å²) >= 11 is 12.6. The minimum absolute atomic E-state index is 0. The second kappa shape index (κ2) is 28.4. The SMILES string of the molecule is CC(=O)OC(C)=O.OC[C@H]1OC(c2ccc(Cl)c(Cc3ccc(OCC(F)(F)F)cc3)c2)[C@H](O)[C@@H](O)[C@@H]1O.OC[C@H]1O[C@@H](c2ccc(Cl)c(Cc3ccc(OCC(F)(F)F)cc3)c2)[C@H](O)[C@@H](O)[C@@H]1O.[Li+].[OH-]. The molecule has 2 aliphatic rings. The summed E-state index contributed by atoms with van der Waals surface area (Å²) in [6.07, 6.45) is -21.0. The first kappa shape index (κ1) is 63.1. The maximum atomic E-state index is 12.3. The number of ether oxygens (including phenoxy) is 5. The molecule has 4 aromatic carbocycles. The van der Waals surface area contributed by atoms with Gasteiger partial charge in [-0.05, 0) is 82.6 Å². The molecule has 2 fully saturated rings. The van der Waals surface area contributed by atoms with Crippen molar-refractivity contribution in [1.82, 2.24) is 0 Å². The maximum Gasteiger partial charge on any atom is 1.00 e. The van der Waals surface area contributed by atoms with E-state index in [9.17, 15) is 76.8 Å². The van der Waals surface area contributed by atoms with E-state index in [-0.39, 0.29) is 35.8 Å². The molecule has 10 atom stereocenters. The fraction of sp³-hybridized carbons (Fsp3) is 0.435. The second-order valence-corrected chi connectivity index (χ2v) is 16.5. The Balaban J connectivity index is 0.000000418. The number of rotatable bonds is 12. The molecular weight excluding hydrogens is 1000 g/mol. The number of carbonyl (C=O) groups excluding carboxylic acids is 2. The topological polar surface area (TPSA) is 272 Å². The molecule has 0 aliphatic carbocycles. The fourth-order valence-corrected chi connectivity index (χ4v) is 7.32. The number of benzene rings is 4. The first-order valence-electron chi connectivity index (χ1n) is 20.7. The molecule has 0 aromatic heterocycles. The molecule has 0 amide bonds. The average Bonchev–Trinajstić information content (AvgIpc) is 3.28. The third-order valence-electron chi connectivity index (χ3n) is 10.3. The Morgan fingerprint density at radius 1 is 0.549 bits per heavy atom. The van der Waals surface area contributed by atoms with Gasteiger partial charge in [0.1, 0.15) is 72.5 Å². The summed E-state index contributed by atoms with van der Waals surface area (Å²) in [6.45, 7) is -1.46. The summed E-state index contributed by atoms with van der Waals surface area (Å²) in [6, 6.07) is 21.9. The van der Waals surface area contributed by atoms with Gasteiger partial charge in [-0.3, -0.25) is 9.59 Å². The van der Waals surface area contributed by atoms with Gasteiger partial charge in [-0.25, -0.2) is 0 Å². The van der Waals surface area contributed by atoms with Crippen molar-refractivity contribution >= 4 is 35.1 Å². The van der Waals surface area contributed by atoms with E-state index >= 15 is 0 Å². The molecule has 16 nitrogen and oxygen atoms in total. The zero-order valence-electron chi connectivity index (χ0n) is 38.0. The van der Waals surface area contributed by atoms with Crippen molar-refractivity contribution in [3.63, 3.8) is 0 Å². The Morgan fingerprint density at radius 3 is 1.14 bits per heavy atom. The van der Waals surface area contributed by atoms with Crippen LogP contribution in [0, 0.1) is 0 Å². The quantitative estimate of drug-likeness (QED) is 0.0434. The van der Waals surface area contributed by atoms with E-state index in [1.165, 1.54) is 38.1 Å². The van der Waals surface area contributed by atoms with Gasteiger partial charge >= 0.3 is 43.2 Å². The molecule has 2 saturated heterocycles. The third-order valence-corrected chi connectivity index (χ3v) is 11.0.